The fraction of sp³-hybridized carbons (Fsp3) is 0.417. The molecule has 0 heterocycles. The molecule has 0 aromatic heterocycles. The third kappa shape index (κ3) is 15.1. The van der Waals surface area contributed by atoms with Crippen molar-refractivity contribution in [1.29, 1.82) is 0 Å². The number of carboxylic acids is 1. The summed E-state index contributed by atoms with van der Waals surface area (Å²) in [5.74, 6) is -2.31. The minimum atomic E-state index is -1.21. The van der Waals surface area contributed by atoms with E-state index in [4.69, 9.17) is 14.6 Å². The standard InChI is InChI=1S/C12H16O6.Ca.2H/c1-2-5-11(15)17-8-3-4-9-18-12(16)7-6-10(13)14;;;/h2,5-7H,3-4,8-9H2,1H3,(H,13,14);;;/q;+2;2*-1/b5-2?,7-6-;;;. The molecular formula is C12H18CaO6. The van der Waals surface area contributed by atoms with Gasteiger partial charge in [0.25, 0.3) is 0 Å². The van der Waals surface area contributed by atoms with Crippen LogP contribution in [0.25, 0.3) is 0 Å². The number of hydrogen-bond donors (Lipinski definition) is 1. The summed E-state index contributed by atoms with van der Waals surface area (Å²) in [6.07, 6.45) is 5.56. The van der Waals surface area contributed by atoms with Gasteiger partial charge in [0.2, 0.25) is 0 Å². The van der Waals surface area contributed by atoms with Gasteiger partial charge in [-0.25, -0.2) is 14.4 Å². The van der Waals surface area contributed by atoms with Crippen molar-refractivity contribution in [2.24, 2.45) is 0 Å². The minimum Gasteiger partial charge on any atom is -1.00 e. The maximum absolute atomic E-state index is 10.9. The molecule has 0 saturated carbocycles. The summed E-state index contributed by atoms with van der Waals surface area (Å²) in [4.78, 5) is 31.9. The molecule has 6 nitrogen and oxygen atoms in total. The molecule has 0 spiro atoms. The fourth-order valence-corrected chi connectivity index (χ4v) is 0.921. The molecule has 0 rings (SSSR count). The second-order valence-electron chi connectivity index (χ2n) is 3.21. The maximum atomic E-state index is 10.9. The van der Waals surface area contributed by atoms with Crippen molar-refractivity contribution in [3.63, 3.8) is 0 Å². The predicted molar refractivity (Wildman–Crippen MR) is 70.7 cm³/mol. The Bertz CT molecular complexity index is 358. The first-order valence-corrected chi connectivity index (χ1v) is 5.43. The van der Waals surface area contributed by atoms with Gasteiger partial charge < -0.3 is 17.4 Å². The monoisotopic (exact) mass is 298 g/mol. The Balaban J connectivity index is -0.000000482. The summed E-state index contributed by atoms with van der Waals surface area (Å²) >= 11 is 0. The molecule has 0 aromatic carbocycles. The van der Waals surface area contributed by atoms with E-state index in [1.54, 1.807) is 13.0 Å². The first-order chi connectivity index (χ1) is 8.56. The topological polar surface area (TPSA) is 89.9 Å². The molecule has 0 aliphatic heterocycles. The second kappa shape index (κ2) is 13.6. The van der Waals surface area contributed by atoms with Crippen molar-refractivity contribution in [3.8, 4) is 0 Å². The molecule has 0 amide bonds. The van der Waals surface area contributed by atoms with Crippen LogP contribution in [0.3, 0.4) is 0 Å². The van der Waals surface area contributed by atoms with Crippen molar-refractivity contribution in [3.05, 3.63) is 24.3 Å². The number of esters is 2. The van der Waals surface area contributed by atoms with Crippen LogP contribution in [0.2, 0.25) is 0 Å². The Labute approximate surface area is 144 Å². The van der Waals surface area contributed by atoms with Gasteiger partial charge in [-0.05, 0) is 19.8 Å². The Hall–Kier alpha value is -0.850. The SMILES string of the molecule is CC=CC(=O)OCCCCOC(=O)/C=C\C(=O)O.[Ca+2].[H-].[H-]. The first-order valence-electron chi connectivity index (χ1n) is 5.43. The Morgan fingerprint density at radius 3 is 1.89 bits per heavy atom. The number of carboxylic acid groups (broad SMARTS) is 1. The third-order valence-electron chi connectivity index (χ3n) is 1.69. The van der Waals surface area contributed by atoms with Crippen molar-refractivity contribution < 1.29 is 31.8 Å². The van der Waals surface area contributed by atoms with Gasteiger partial charge in [0.15, 0.2) is 0 Å². The zero-order chi connectivity index (χ0) is 13.8. The van der Waals surface area contributed by atoms with Gasteiger partial charge in [-0.1, -0.05) is 6.08 Å². The number of unbranched alkanes of at least 4 members (excludes halogenated alkanes) is 1. The molecule has 0 fully saturated rings. The Morgan fingerprint density at radius 1 is 1.00 bits per heavy atom. The zero-order valence-electron chi connectivity index (χ0n) is 12.8. The number of aliphatic carboxylic acids is 1. The van der Waals surface area contributed by atoms with E-state index in [1.165, 1.54) is 6.08 Å². The normalized spacial score (nSPS) is 10.2. The van der Waals surface area contributed by atoms with Gasteiger partial charge in [0.05, 0.1) is 13.2 Å². The van der Waals surface area contributed by atoms with E-state index in [1.807, 2.05) is 0 Å². The van der Waals surface area contributed by atoms with Crippen LogP contribution in [0.5, 0.6) is 0 Å². The van der Waals surface area contributed by atoms with Gasteiger partial charge in [-0.3, -0.25) is 0 Å². The number of carbonyl (C=O) groups excluding carboxylic acids is 2. The molecule has 0 saturated heterocycles. The first kappa shape index (κ1) is 20.5. The van der Waals surface area contributed by atoms with Crippen molar-refractivity contribution in [2.45, 2.75) is 19.8 Å². The molecule has 0 aliphatic rings. The molecule has 0 atom stereocenters. The van der Waals surface area contributed by atoms with E-state index in [0.29, 0.717) is 18.9 Å². The van der Waals surface area contributed by atoms with Gasteiger partial charge in [-0.2, -0.15) is 0 Å². The molecule has 1 N–H and O–H groups in total. The van der Waals surface area contributed by atoms with Crippen molar-refractivity contribution >= 4 is 55.6 Å². The molecule has 0 radical (unpaired) electrons. The fourth-order valence-electron chi connectivity index (χ4n) is 0.921. The van der Waals surface area contributed by atoms with Crippen LogP contribution in [-0.2, 0) is 23.9 Å². The smallest absolute Gasteiger partial charge is 1.00 e. The van der Waals surface area contributed by atoms with Crippen molar-refractivity contribution in [2.75, 3.05) is 13.2 Å². The average molecular weight is 298 g/mol. The second-order valence-corrected chi connectivity index (χ2v) is 3.21. The molecule has 0 bridgehead atoms. The molecule has 104 valence electrons. The van der Waals surface area contributed by atoms with Gasteiger partial charge in [0, 0.05) is 18.2 Å². The largest absolute Gasteiger partial charge is 2.00 e. The summed E-state index contributed by atoms with van der Waals surface area (Å²) in [5.41, 5.74) is 0. The summed E-state index contributed by atoms with van der Waals surface area (Å²) in [5, 5.41) is 8.25. The average Bonchev–Trinajstić information content (AvgIpc) is 2.31. The van der Waals surface area contributed by atoms with E-state index in [2.05, 4.69) is 0 Å². The van der Waals surface area contributed by atoms with Crippen LogP contribution in [0.4, 0.5) is 0 Å². The van der Waals surface area contributed by atoms with Crippen LogP contribution in [0.1, 0.15) is 22.6 Å². The minimum absolute atomic E-state index is 0. The van der Waals surface area contributed by atoms with Crippen molar-refractivity contribution in [1.82, 2.24) is 0 Å². The summed E-state index contributed by atoms with van der Waals surface area (Å²) in [6.45, 7) is 2.13. The molecule has 0 unspecified atom stereocenters. The Morgan fingerprint density at radius 2 is 1.47 bits per heavy atom. The van der Waals surface area contributed by atoms with Gasteiger partial charge in [0.1, 0.15) is 0 Å². The summed E-state index contributed by atoms with van der Waals surface area (Å²) < 4.78 is 9.51. The molecule has 0 aliphatic carbocycles. The van der Waals surface area contributed by atoms with E-state index in [-0.39, 0.29) is 53.8 Å². The van der Waals surface area contributed by atoms with E-state index in [0.717, 1.165) is 6.08 Å². The molecule has 0 aromatic rings. The summed E-state index contributed by atoms with van der Waals surface area (Å²) in [7, 11) is 0. The number of ether oxygens (including phenoxy) is 2. The van der Waals surface area contributed by atoms with Crippen LogP contribution < -0.4 is 0 Å². The number of allylic oxidation sites excluding steroid dienone is 1. The molecule has 7 heteroatoms. The number of hydrogen-bond acceptors (Lipinski definition) is 5. The van der Waals surface area contributed by atoms with Crippen LogP contribution >= 0.6 is 0 Å². The number of rotatable bonds is 8. The van der Waals surface area contributed by atoms with Crippen LogP contribution in [0, 0.1) is 0 Å². The van der Waals surface area contributed by atoms with E-state index >= 15 is 0 Å². The van der Waals surface area contributed by atoms with Gasteiger partial charge >= 0.3 is 55.6 Å². The van der Waals surface area contributed by atoms with E-state index < -0.39 is 17.9 Å². The molecular weight excluding hydrogens is 280 g/mol. The summed E-state index contributed by atoms with van der Waals surface area (Å²) in [6, 6.07) is 0. The predicted octanol–water partition coefficient (Wildman–Crippen LogP) is 0.914. The molecule has 19 heavy (non-hydrogen) atoms. The maximum Gasteiger partial charge on any atom is 2.00 e. The third-order valence-corrected chi connectivity index (χ3v) is 1.69. The van der Waals surface area contributed by atoms with Gasteiger partial charge in [-0.15, -0.1) is 0 Å². The van der Waals surface area contributed by atoms with E-state index in [9.17, 15) is 14.4 Å². The van der Waals surface area contributed by atoms with Crippen LogP contribution in [-0.4, -0.2) is 74.0 Å². The Kier molecular flexibility index (Phi) is 14.6. The van der Waals surface area contributed by atoms with Crippen LogP contribution in [0.15, 0.2) is 24.3 Å². The zero-order valence-corrected chi connectivity index (χ0v) is 13.0. The number of carbonyl (C=O) groups is 3. The quantitative estimate of drug-likeness (QED) is 0.310.